The first-order valence-corrected chi connectivity index (χ1v) is 16.9. The van der Waals surface area contributed by atoms with E-state index in [0.29, 0.717) is 5.56 Å². The van der Waals surface area contributed by atoms with Crippen LogP contribution in [0.1, 0.15) is 29.1 Å². The molecule has 0 bridgehead atoms. The topological polar surface area (TPSA) is 3.24 Å². The molecule has 0 aromatic heterocycles. The summed E-state index contributed by atoms with van der Waals surface area (Å²) in [6, 6.07) is 58.2. The average molecular weight is 641 g/mol. The molecule has 234 valence electrons. The average Bonchev–Trinajstić information content (AvgIpc) is 3.71. The zero-order valence-electron chi connectivity index (χ0n) is 32.1. The number of hydrogen-bond acceptors (Lipinski definition) is 1. The van der Waals surface area contributed by atoms with Crippen molar-refractivity contribution < 1.29 is 6.85 Å². The van der Waals surface area contributed by atoms with Crippen LogP contribution in [0.3, 0.4) is 0 Å². The van der Waals surface area contributed by atoms with Gasteiger partial charge in [0.05, 0.1) is 12.3 Å². The lowest BCUT2D eigenvalue weighted by molar-refractivity contribution is 0.793. The fourth-order valence-corrected chi connectivity index (χ4v) is 8.27. The summed E-state index contributed by atoms with van der Waals surface area (Å²) in [4.78, 5) is 2.24. The van der Waals surface area contributed by atoms with E-state index >= 15 is 0 Å². The molecule has 50 heavy (non-hydrogen) atoms. The molecule has 0 fully saturated rings. The number of anilines is 3. The first-order chi connectivity index (χ1) is 26.9. The Morgan fingerprint density at radius 3 is 1.30 bits per heavy atom. The lowest BCUT2D eigenvalue weighted by Crippen LogP contribution is -2.26. The predicted octanol–water partition coefficient (Wildman–Crippen LogP) is 12.8. The Bertz CT molecular complexity index is 2720. The maximum atomic E-state index is 8.60. The van der Waals surface area contributed by atoms with Gasteiger partial charge in [-0.25, -0.2) is 0 Å². The molecule has 1 heteroatoms. The standard InChI is InChI=1S/C49H33N/c1-3-13-34(14-4-1)36-23-27-38(28-24-36)50(39-29-25-37(26-30-39)35-15-5-2-6-16-35)40-31-32-44-43-19-9-12-22-47(43)49(48(44)33-40)45-20-10-7-17-41(45)42-18-8-11-21-46(42)49/h1-33H/i1D,3D,4D,13D,14D. The molecule has 8 aromatic carbocycles. The van der Waals surface area contributed by atoms with Gasteiger partial charge in [-0.15, -0.1) is 0 Å². The second-order valence-corrected chi connectivity index (χ2v) is 12.9. The summed E-state index contributed by atoms with van der Waals surface area (Å²) < 4.78 is 41.8. The minimum atomic E-state index is -0.497. The third kappa shape index (κ3) is 4.20. The smallest absolute Gasteiger partial charge is 0.0726 e. The molecule has 0 aliphatic heterocycles. The van der Waals surface area contributed by atoms with Crippen LogP contribution >= 0.6 is 0 Å². The van der Waals surface area contributed by atoms with E-state index in [4.69, 9.17) is 6.85 Å². The quantitative estimate of drug-likeness (QED) is 0.181. The minimum Gasteiger partial charge on any atom is -0.310 e. The lowest BCUT2D eigenvalue weighted by atomic mass is 9.70. The van der Waals surface area contributed by atoms with Crippen molar-refractivity contribution >= 4 is 17.1 Å². The van der Waals surface area contributed by atoms with E-state index in [2.05, 4.69) is 132 Å². The first kappa shape index (κ1) is 23.8. The zero-order valence-corrected chi connectivity index (χ0v) is 27.1. The van der Waals surface area contributed by atoms with Crippen LogP contribution in [0.25, 0.3) is 44.5 Å². The Labute approximate surface area is 300 Å². The van der Waals surface area contributed by atoms with E-state index in [1.165, 1.54) is 44.5 Å². The summed E-state index contributed by atoms with van der Waals surface area (Å²) in [5, 5.41) is 0. The van der Waals surface area contributed by atoms with Crippen LogP contribution < -0.4 is 4.90 Å². The Hall–Kier alpha value is -6.44. The molecule has 0 unspecified atom stereocenters. The van der Waals surface area contributed by atoms with Gasteiger partial charge in [0, 0.05) is 17.1 Å². The molecule has 2 aliphatic carbocycles. The van der Waals surface area contributed by atoms with Crippen molar-refractivity contribution in [2.24, 2.45) is 0 Å². The second kappa shape index (κ2) is 11.3. The molecule has 0 saturated heterocycles. The summed E-state index contributed by atoms with van der Waals surface area (Å²) in [6.45, 7) is 0. The zero-order chi connectivity index (χ0) is 37.4. The van der Waals surface area contributed by atoms with Gasteiger partial charge in [-0.1, -0.05) is 164 Å². The van der Waals surface area contributed by atoms with Gasteiger partial charge in [0.2, 0.25) is 0 Å². The highest BCUT2D eigenvalue weighted by molar-refractivity contribution is 5.96. The van der Waals surface area contributed by atoms with Crippen LogP contribution in [0.5, 0.6) is 0 Å². The maximum absolute atomic E-state index is 8.60. The minimum absolute atomic E-state index is 0.187. The highest BCUT2D eigenvalue weighted by atomic mass is 15.1. The summed E-state index contributed by atoms with van der Waals surface area (Å²) >= 11 is 0. The molecule has 0 N–H and O–H groups in total. The fraction of sp³-hybridized carbons (Fsp3) is 0.0204. The molecular formula is C49H33N. The summed E-state index contributed by atoms with van der Waals surface area (Å²) in [6.07, 6.45) is 0. The van der Waals surface area contributed by atoms with E-state index in [1.54, 1.807) is 0 Å². The van der Waals surface area contributed by atoms with Gasteiger partial charge in [0.1, 0.15) is 0 Å². The van der Waals surface area contributed by atoms with Gasteiger partial charge < -0.3 is 4.90 Å². The van der Waals surface area contributed by atoms with Gasteiger partial charge in [-0.3, -0.25) is 0 Å². The normalized spacial score (nSPS) is 14.4. The van der Waals surface area contributed by atoms with Crippen molar-refractivity contribution in [3.05, 3.63) is 222 Å². The summed E-state index contributed by atoms with van der Waals surface area (Å²) in [5.41, 5.74) is 15.3. The molecule has 0 atom stereocenters. The molecule has 0 amide bonds. The lowest BCUT2D eigenvalue weighted by Gasteiger charge is -2.32. The Morgan fingerprint density at radius 1 is 0.340 bits per heavy atom. The van der Waals surface area contributed by atoms with Crippen LogP contribution in [0.2, 0.25) is 0 Å². The molecule has 1 nitrogen and oxygen atoms in total. The molecule has 10 rings (SSSR count). The van der Waals surface area contributed by atoms with E-state index in [-0.39, 0.29) is 29.7 Å². The Morgan fingerprint density at radius 2 is 0.760 bits per heavy atom. The van der Waals surface area contributed by atoms with Crippen LogP contribution in [0.4, 0.5) is 17.1 Å². The van der Waals surface area contributed by atoms with E-state index in [1.807, 2.05) is 42.5 Å². The van der Waals surface area contributed by atoms with Crippen molar-refractivity contribution in [3.8, 4) is 44.5 Å². The number of fused-ring (bicyclic) bond motifs is 10. The highest BCUT2D eigenvalue weighted by Crippen LogP contribution is 2.63. The Kier molecular flexibility index (Phi) is 5.40. The summed E-state index contributed by atoms with van der Waals surface area (Å²) in [5.74, 6) is 0. The molecule has 2 aliphatic rings. The van der Waals surface area contributed by atoms with Gasteiger partial charge in [0.15, 0.2) is 0 Å². The monoisotopic (exact) mass is 640 g/mol. The maximum Gasteiger partial charge on any atom is 0.0726 e. The number of hydrogen-bond donors (Lipinski definition) is 0. The number of benzene rings is 8. The third-order valence-corrected chi connectivity index (χ3v) is 10.4. The van der Waals surface area contributed by atoms with Gasteiger partial charge in [0.25, 0.3) is 0 Å². The predicted molar refractivity (Wildman–Crippen MR) is 208 cm³/mol. The van der Waals surface area contributed by atoms with Gasteiger partial charge in [-0.2, -0.15) is 0 Å². The second-order valence-electron chi connectivity index (χ2n) is 12.9. The van der Waals surface area contributed by atoms with Gasteiger partial charge in [-0.05, 0) is 103 Å². The van der Waals surface area contributed by atoms with Crippen LogP contribution in [-0.2, 0) is 5.41 Å². The fourth-order valence-electron chi connectivity index (χ4n) is 8.27. The van der Waals surface area contributed by atoms with Crippen molar-refractivity contribution in [2.45, 2.75) is 5.41 Å². The van der Waals surface area contributed by atoms with E-state index in [9.17, 15) is 0 Å². The third-order valence-electron chi connectivity index (χ3n) is 10.4. The molecule has 0 radical (unpaired) electrons. The van der Waals surface area contributed by atoms with Crippen LogP contribution in [0, 0.1) is 0 Å². The van der Waals surface area contributed by atoms with Crippen LogP contribution in [-0.4, -0.2) is 0 Å². The molecule has 0 heterocycles. The Balaban J connectivity index is 1.18. The molecule has 8 aromatic rings. The van der Waals surface area contributed by atoms with Crippen LogP contribution in [0.15, 0.2) is 200 Å². The first-order valence-electron chi connectivity index (χ1n) is 19.4. The van der Waals surface area contributed by atoms with Gasteiger partial charge >= 0.3 is 0 Å². The van der Waals surface area contributed by atoms with E-state index < -0.39 is 11.5 Å². The molecular weight excluding hydrogens is 603 g/mol. The van der Waals surface area contributed by atoms with Crippen molar-refractivity contribution in [1.29, 1.82) is 0 Å². The summed E-state index contributed by atoms with van der Waals surface area (Å²) in [7, 11) is 0. The van der Waals surface area contributed by atoms with E-state index in [0.717, 1.165) is 28.2 Å². The molecule has 0 saturated carbocycles. The number of nitrogens with zero attached hydrogens (tertiary/aromatic N) is 1. The molecule has 1 spiro atoms. The van der Waals surface area contributed by atoms with Crippen molar-refractivity contribution in [3.63, 3.8) is 0 Å². The largest absolute Gasteiger partial charge is 0.310 e. The highest BCUT2D eigenvalue weighted by Gasteiger charge is 2.51. The number of rotatable bonds is 5. The van der Waals surface area contributed by atoms with Crippen molar-refractivity contribution in [2.75, 3.05) is 4.90 Å². The SMILES string of the molecule is [2H]c1c([2H])c([2H])c(-c2ccc(N(c3ccc(-c4ccccc4)cc3)c3ccc4c(c3)C3(c5ccccc5-c5ccccc53)c3ccccc3-4)cc2)c([2H])c1[2H]. The van der Waals surface area contributed by atoms with Crippen molar-refractivity contribution in [1.82, 2.24) is 0 Å².